The maximum Gasteiger partial charge on any atom is 0.0476 e. The highest BCUT2D eigenvalue weighted by Crippen LogP contribution is 2.47. The zero-order chi connectivity index (χ0) is 14.1. The fourth-order valence-corrected chi connectivity index (χ4v) is 5.74. The molecule has 0 aromatic heterocycles. The van der Waals surface area contributed by atoms with Gasteiger partial charge in [-0.15, -0.1) is 0 Å². The van der Waals surface area contributed by atoms with E-state index >= 15 is 0 Å². The van der Waals surface area contributed by atoms with Gasteiger partial charge in [-0.05, 0) is 51.1 Å². The number of rotatable bonds is 4. The number of nitrogens with zero attached hydrogens (tertiary/aromatic N) is 2. The van der Waals surface area contributed by atoms with Crippen LogP contribution in [0.5, 0.6) is 0 Å². The van der Waals surface area contributed by atoms with Crippen LogP contribution >= 0.6 is 11.8 Å². The van der Waals surface area contributed by atoms with Gasteiger partial charge in [0.05, 0.1) is 0 Å². The summed E-state index contributed by atoms with van der Waals surface area (Å²) in [6.45, 7) is 8.08. The largest absolute Gasteiger partial charge is 0.329 e. The Morgan fingerprint density at radius 3 is 2.68 bits per heavy atom. The van der Waals surface area contributed by atoms with Gasteiger partial charge in [-0.25, -0.2) is 0 Å². The molecule has 19 heavy (non-hydrogen) atoms. The van der Waals surface area contributed by atoms with Gasteiger partial charge in [-0.2, -0.15) is 11.8 Å². The number of nitrogens with two attached hydrogens (primary N) is 1. The quantitative estimate of drug-likeness (QED) is 0.855. The molecule has 0 bridgehead atoms. The van der Waals surface area contributed by atoms with Gasteiger partial charge >= 0.3 is 0 Å². The van der Waals surface area contributed by atoms with Crippen molar-refractivity contribution >= 4 is 11.8 Å². The standard InChI is InChI=1S/C15H31N3S/c1-14(2)7-9-19-12-15(14,11-16)18-8-5-6-13(18)10-17(3)4/h13H,5-12,16H2,1-4H3. The first kappa shape index (κ1) is 15.6. The molecule has 112 valence electrons. The third-order valence-electron chi connectivity index (χ3n) is 5.31. The molecule has 2 fully saturated rings. The molecule has 2 aliphatic heterocycles. The Hall–Kier alpha value is 0.230. The lowest BCUT2D eigenvalue weighted by molar-refractivity contribution is -0.0128. The maximum atomic E-state index is 6.32. The normalized spacial score (nSPS) is 36.0. The Morgan fingerprint density at radius 1 is 1.37 bits per heavy atom. The maximum absolute atomic E-state index is 6.32. The van der Waals surface area contributed by atoms with Crippen LogP contribution in [0.2, 0.25) is 0 Å². The fourth-order valence-electron chi connectivity index (χ4n) is 3.93. The van der Waals surface area contributed by atoms with Crippen molar-refractivity contribution in [1.29, 1.82) is 0 Å². The monoisotopic (exact) mass is 285 g/mol. The molecule has 2 saturated heterocycles. The molecule has 2 unspecified atom stereocenters. The van der Waals surface area contributed by atoms with Crippen molar-refractivity contribution < 1.29 is 0 Å². The number of thioether (sulfide) groups is 1. The molecule has 2 rings (SSSR count). The molecule has 3 nitrogen and oxygen atoms in total. The van der Waals surface area contributed by atoms with Crippen LogP contribution in [0.1, 0.15) is 33.1 Å². The van der Waals surface area contributed by atoms with Gasteiger partial charge in [0.1, 0.15) is 0 Å². The van der Waals surface area contributed by atoms with Gasteiger partial charge in [0.15, 0.2) is 0 Å². The lowest BCUT2D eigenvalue weighted by atomic mass is 9.69. The summed E-state index contributed by atoms with van der Waals surface area (Å²) < 4.78 is 0. The Morgan fingerprint density at radius 2 is 2.11 bits per heavy atom. The van der Waals surface area contributed by atoms with Crippen LogP contribution in [-0.2, 0) is 0 Å². The van der Waals surface area contributed by atoms with E-state index in [1.165, 1.54) is 43.9 Å². The van der Waals surface area contributed by atoms with Crippen molar-refractivity contribution in [3.8, 4) is 0 Å². The average molecular weight is 286 g/mol. The molecule has 2 aliphatic rings. The molecular formula is C15H31N3S. The van der Waals surface area contributed by atoms with Gasteiger partial charge in [-0.1, -0.05) is 13.8 Å². The lowest BCUT2D eigenvalue weighted by Crippen LogP contribution is -2.67. The van der Waals surface area contributed by atoms with E-state index < -0.39 is 0 Å². The number of likely N-dealkylation sites (tertiary alicyclic amines) is 1. The highest BCUT2D eigenvalue weighted by Gasteiger charge is 2.52. The minimum Gasteiger partial charge on any atom is -0.329 e. The SMILES string of the molecule is CN(C)CC1CCCN1C1(CN)CSCCC1(C)C. The van der Waals surface area contributed by atoms with Crippen molar-refractivity contribution in [3.05, 3.63) is 0 Å². The van der Waals surface area contributed by atoms with Crippen molar-refractivity contribution in [2.45, 2.75) is 44.7 Å². The summed E-state index contributed by atoms with van der Waals surface area (Å²) in [7, 11) is 4.37. The third-order valence-corrected chi connectivity index (χ3v) is 6.49. The van der Waals surface area contributed by atoms with E-state index in [0.717, 1.165) is 6.54 Å². The van der Waals surface area contributed by atoms with E-state index in [0.29, 0.717) is 11.5 Å². The zero-order valence-corrected chi connectivity index (χ0v) is 13.9. The van der Waals surface area contributed by atoms with E-state index in [1.807, 2.05) is 0 Å². The molecule has 4 heteroatoms. The van der Waals surface area contributed by atoms with E-state index in [4.69, 9.17) is 5.73 Å². The predicted octanol–water partition coefficient (Wildman–Crippen LogP) is 1.87. The van der Waals surface area contributed by atoms with Crippen LogP contribution in [0, 0.1) is 5.41 Å². The molecule has 0 saturated carbocycles. The van der Waals surface area contributed by atoms with Gasteiger partial charge in [0.2, 0.25) is 0 Å². The van der Waals surface area contributed by atoms with Crippen LogP contribution in [0.25, 0.3) is 0 Å². The van der Waals surface area contributed by atoms with Gasteiger partial charge in [0, 0.05) is 30.4 Å². The first-order valence-electron chi connectivity index (χ1n) is 7.62. The van der Waals surface area contributed by atoms with E-state index in [-0.39, 0.29) is 5.54 Å². The highest BCUT2D eigenvalue weighted by atomic mass is 32.2. The molecule has 0 amide bonds. The summed E-state index contributed by atoms with van der Waals surface area (Å²) in [5, 5.41) is 0. The average Bonchev–Trinajstić information content (AvgIpc) is 2.77. The van der Waals surface area contributed by atoms with Crippen molar-refractivity contribution in [2.24, 2.45) is 11.1 Å². The summed E-state index contributed by atoms with van der Waals surface area (Å²) in [4.78, 5) is 5.11. The molecule has 0 aromatic rings. The molecule has 0 spiro atoms. The predicted molar refractivity (Wildman–Crippen MR) is 85.8 cm³/mol. The van der Waals surface area contributed by atoms with Gasteiger partial charge in [0.25, 0.3) is 0 Å². The first-order chi connectivity index (χ1) is 8.93. The minimum atomic E-state index is 0.201. The fraction of sp³-hybridized carbons (Fsp3) is 1.00. The smallest absolute Gasteiger partial charge is 0.0476 e. The van der Waals surface area contributed by atoms with Crippen molar-refractivity contribution in [1.82, 2.24) is 9.80 Å². The molecule has 0 radical (unpaired) electrons. The zero-order valence-electron chi connectivity index (χ0n) is 13.1. The second kappa shape index (κ2) is 5.92. The van der Waals surface area contributed by atoms with Crippen LogP contribution in [-0.4, -0.2) is 66.6 Å². The van der Waals surface area contributed by atoms with Crippen molar-refractivity contribution in [3.63, 3.8) is 0 Å². The second-order valence-corrected chi connectivity index (χ2v) is 8.28. The van der Waals surface area contributed by atoms with Crippen LogP contribution in [0.4, 0.5) is 0 Å². The summed E-state index contributed by atoms with van der Waals surface area (Å²) >= 11 is 2.10. The minimum absolute atomic E-state index is 0.201. The second-order valence-electron chi connectivity index (χ2n) is 7.17. The van der Waals surface area contributed by atoms with Crippen LogP contribution in [0.3, 0.4) is 0 Å². The molecule has 2 atom stereocenters. The van der Waals surface area contributed by atoms with Gasteiger partial charge < -0.3 is 10.6 Å². The highest BCUT2D eigenvalue weighted by molar-refractivity contribution is 7.99. The lowest BCUT2D eigenvalue weighted by Gasteiger charge is -2.56. The Labute approximate surface area is 123 Å². The molecule has 0 aromatic carbocycles. The Balaban J connectivity index is 2.24. The summed E-state index contributed by atoms with van der Waals surface area (Å²) in [5.74, 6) is 2.50. The number of hydrogen-bond donors (Lipinski definition) is 1. The topological polar surface area (TPSA) is 32.5 Å². The molecule has 0 aliphatic carbocycles. The third kappa shape index (κ3) is 2.82. The van der Waals surface area contributed by atoms with E-state index in [1.54, 1.807) is 0 Å². The van der Waals surface area contributed by atoms with Gasteiger partial charge in [-0.3, -0.25) is 4.90 Å². The first-order valence-corrected chi connectivity index (χ1v) is 8.78. The Kier molecular flexibility index (Phi) is 4.87. The summed E-state index contributed by atoms with van der Waals surface area (Å²) in [5.41, 5.74) is 6.85. The van der Waals surface area contributed by atoms with E-state index in [2.05, 4.69) is 49.5 Å². The van der Waals surface area contributed by atoms with Crippen molar-refractivity contribution in [2.75, 3.05) is 45.2 Å². The number of likely N-dealkylation sites (N-methyl/N-ethyl adjacent to an activating group) is 1. The molecular weight excluding hydrogens is 254 g/mol. The molecule has 2 N–H and O–H groups in total. The summed E-state index contributed by atoms with van der Waals surface area (Å²) in [6, 6.07) is 0.691. The van der Waals surface area contributed by atoms with Crippen LogP contribution < -0.4 is 5.73 Å². The molecule has 2 heterocycles. The van der Waals surface area contributed by atoms with Crippen LogP contribution in [0.15, 0.2) is 0 Å². The summed E-state index contributed by atoms with van der Waals surface area (Å²) in [6.07, 6.45) is 3.96. The van der Waals surface area contributed by atoms with E-state index in [9.17, 15) is 0 Å². The Bertz CT molecular complexity index is 306. The number of hydrogen-bond acceptors (Lipinski definition) is 4.